The molecule has 0 atom stereocenters. The number of para-hydroxylation sites is 1. The van der Waals surface area contributed by atoms with Crippen molar-refractivity contribution in [3.8, 4) is 0 Å². The Labute approximate surface area is 176 Å². The molecule has 148 valence electrons. The van der Waals surface area contributed by atoms with Crippen LogP contribution in [0.2, 0.25) is 0 Å². The molecule has 1 aliphatic rings. The van der Waals surface area contributed by atoms with Crippen molar-refractivity contribution in [1.29, 1.82) is 0 Å². The number of hydrogen-bond donors (Lipinski definition) is 1. The van der Waals surface area contributed by atoms with Gasteiger partial charge in [0.2, 0.25) is 11.0 Å². The first kappa shape index (κ1) is 19.5. The lowest BCUT2D eigenvalue weighted by Crippen LogP contribution is -2.32. The van der Waals surface area contributed by atoms with Gasteiger partial charge in [0.05, 0.1) is 11.3 Å². The van der Waals surface area contributed by atoms with E-state index in [1.807, 2.05) is 31.2 Å². The maximum atomic E-state index is 13.2. The molecule has 3 heterocycles. The van der Waals surface area contributed by atoms with Crippen LogP contribution in [0.15, 0.2) is 52.5 Å². The summed E-state index contributed by atoms with van der Waals surface area (Å²) in [5.41, 5.74) is 1.43. The van der Waals surface area contributed by atoms with E-state index < -0.39 is 0 Å². The normalized spacial score (nSPS) is 12.9. The SMILES string of the molecule is CCc1nnc(NC(=O)CCCN2C(=O)c3cccnc3Sc3ccccc32)s1. The molecule has 2 amide bonds. The molecule has 1 aromatic carbocycles. The van der Waals surface area contributed by atoms with Crippen LogP contribution in [0.4, 0.5) is 10.8 Å². The van der Waals surface area contributed by atoms with E-state index in [0.29, 0.717) is 35.1 Å². The van der Waals surface area contributed by atoms with E-state index in [9.17, 15) is 9.59 Å². The average Bonchev–Trinajstić information content (AvgIpc) is 3.15. The second-order valence-corrected chi connectivity index (χ2v) is 8.48. The van der Waals surface area contributed by atoms with E-state index in [-0.39, 0.29) is 11.8 Å². The van der Waals surface area contributed by atoms with Gasteiger partial charge in [-0.1, -0.05) is 42.2 Å². The zero-order chi connectivity index (χ0) is 20.2. The van der Waals surface area contributed by atoms with Crippen LogP contribution in [0.25, 0.3) is 0 Å². The van der Waals surface area contributed by atoms with E-state index in [4.69, 9.17) is 0 Å². The van der Waals surface area contributed by atoms with E-state index in [0.717, 1.165) is 22.0 Å². The largest absolute Gasteiger partial charge is 0.307 e. The Bertz CT molecular complexity index is 1050. The summed E-state index contributed by atoms with van der Waals surface area (Å²) in [4.78, 5) is 32.5. The molecule has 0 bridgehead atoms. The van der Waals surface area contributed by atoms with Crippen LogP contribution in [-0.2, 0) is 11.2 Å². The molecule has 3 aromatic rings. The Morgan fingerprint density at radius 3 is 2.86 bits per heavy atom. The zero-order valence-electron chi connectivity index (χ0n) is 15.8. The number of carbonyl (C=O) groups is 2. The molecule has 4 rings (SSSR count). The van der Waals surface area contributed by atoms with Gasteiger partial charge in [0, 0.05) is 24.1 Å². The molecule has 7 nitrogen and oxygen atoms in total. The predicted molar refractivity (Wildman–Crippen MR) is 114 cm³/mol. The minimum atomic E-state index is -0.129. The van der Waals surface area contributed by atoms with Crippen LogP contribution >= 0.6 is 23.1 Å². The second kappa shape index (κ2) is 8.71. The summed E-state index contributed by atoms with van der Waals surface area (Å²) in [6.07, 6.45) is 3.31. The molecule has 0 saturated heterocycles. The Hall–Kier alpha value is -2.78. The van der Waals surface area contributed by atoms with Gasteiger partial charge in [0.25, 0.3) is 5.91 Å². The van der Waals surface area contributed by atoms with Gasteiger partial charge >= 0.3 is 0 Å². The number of aryl methyl sites for hydroxylation is 1. The van der Waals surface area contributed by atoms with Gasteiger partial charge in [0.15, 0.2) is 0 Å². The van der Waals surface area contributed by atoms with Crippen molar-refractivity contribution < 1.29 is 9.59 Å². The van der Waals surface area contributed by atoms with Crippen LogP contribution in [-0.4, -0.2) is 33.5 Å². The van der Waals surface area contributed by atoms with Crippen LogP contribution in [0.3, 0.4) is 0 Å². The predicted octanol–water partition coefficient (Wildman–Crippen LogP) is 4.03. The number of rotatable bonds is 6. The summed E-state index contributed by atoms with van der Waals surface area (Å²) in [5.74, 6) is -0.224. The molecule has 9 heteroatoms. The van der Waals surface area contributed by atoms with E-state index in [1.54, 1.807) is 23.2 Å². The maximum Gasteiger partial charge on any atom is 0.261 e. The quantitative estimate of drug-likeness (QED) is 0.642. The highest BCUT2D eigenvalue weighted by atomic mass is 32.2. The summed E-state index contributed by atoms with van der Waals surface area (Å²) in [6.45, 7) is 2.43. The fourth-order valence-electron chi connectivity index (χ4n) is 3.01. The van der Waals surface area contributed by atoms with Crippen molar-refractivity contribution in [2.75, 3.05) is 16.8 Å². The number of anilines is 2. The molecule has 1 N–H and O–H groups in total. The van der Waals surface area contributed by atoms with Gasteiger partial charge in [-0.05, 0) is 37.1 Å². The lowest BCUT2D eigenvalue weighted by atomic mass is 10.2. The summed E-state index contributed by atoms with van der Waals surface area (Å²) in [6, 6.07) is 11.3. The molecule has 29 heavy (non-hydrogen) atoms. The second-order valence-electron chi connectivity index (χ2n) is 6.39. The summed E-state index contributed by atoms with van der Waals surface area (Å²) >= 11 is 2.87. The topological polar surface area (TPSA) is 88.1 Å². The number of amides is 2. The first-order chi connectivity index (χ1) is 14.2. The molecule has 1 aliphatic heterocycles. The third-order valence-corrected chi connectivity index (χ3v) is 6.48. The molecule has 0 saturated carbocycles. The number of benzene rings is 1. The summed E-state index contributed by atoms with van der Waals surface area (Å²) in [5, 5.41) is 12.8. The van der Waals surface area contributed by atoms with Crippen LogP contribution in [0, 0.1) is 0 Å². The standard InChI is InChI=1S/C20H19N5O2S2/c1-2-17-23-24-20(29-17)22-16(26)10-6-12-25-14-8-3-4-9-15(14)28-18-13(19(25)27)7-5-11-21-18/h3-5,7-9,11H,2,6,10,12H2,1H3,(H,22,24,26). The molecule has 0 radical (unpaired) electrons. The number of nitrogens with one attached hydrogen (secondary N) is 1. The Morgan fingerprint density at radius 2 is 2.03 bits per heavy atom. The summed E-state index contributed by atoms with van der Waals surface area (Å²) in [7, 11) is 0. The van der Waals surface area contributed by atoms with Crippen molar-refractivity contribution in [3.05, 3.63) is 53.2 Å². The molecule has 0 spiro atoms. The fraction of sp³-hybridized carbons (Fsp3) is 0.250. The molecule has 0 unspecified atom stereocenters. The monoisotopic (exact) mass is 425 g/mol. The molecular weight excluding hydrogens is 406 g/mol. The average molecular weight is 426 g/mol. The number of carbonyl (C=O) groups excluding carboxylic acids is 2. The third-order valence-electron chi connectivity index (χ3n) is 4.41. The highest BCUT2D eigenvalue weighted by Crippen LogP contribution is 2.40. The van der Waals surface area contributed by atoms with Crippen molar-refractivity contribution in [2.45, 2.75) is 36.1 Å². The van der Waals surface area contributed by atoms with Crippen LogP contribution in [0.1, 0.15) is 35.1 Å². The Balaban J connectivity index is 1.46. The van der Waals surface area contributed by atoms with Crippen molar-refractivity contribution in [3.63, 3.8) is 0 Å². The minimum Gasteiger partial charge on any atom is -0.307 e. The summed E-state index contributed by atoms with van der Waals surface area (Å²) < 4.78 is 0. The van der Waals surface area contributed by atoms with Gasteiger partial charge in [-0.25, -0.2) is 4.98 Å². The smallest absolute Gasteiger partial charge is 0.261 e. The number of hydrogen-bond acceptors (Lipinski definition) is 7. The van der Waals surface area contributed by atoms with E-state index >= 15 is 0 Å². The van der Waals surface area contributed by atoms with Crippen molar-refractivity contribution in [2.24, 2.45) is 0 Å². The highest BCUT2D eigenvalue weighted by molar-refractivity contribution is 7.99. The van der Waals surface area contributed by atoms with Gasteiger partial charge in [-0.3, -0.25) is 9.59 Å². The Morgan fingerprint density at radius 1 is 1.17 bits per heavy atom. The number of aromatic nitrogens is 3. The number of fused-ring (bicyclic) bond motifs is 2. The number of pyridine rings is 1. The minimum absolute atomic E-state index is 0.0948. The fourth-order valence-corrected chi connectivity index (χ4v) is 4.72. The van der Waals surface area contributed by atoms with Crippen LogP contribution < -0.4 is 10.2 Å². The van der Waals surface area contributed by atoms with Gasteiger partial charge < -0.3 is 10.2 Å². The van der Waals surface area contributed by atoms with Gasteiger partial charge in [-0.2, -0.15) is 0 Å². The van der Waals surface area contributed by atoms with E-state index in [2.05, 4.69) is 20.5 Å². The number of nitrogens with zero attached hydrogens (tertiary/aromatic N) is 4. The molecule has 0 fully saturated rings. The first-order valence-corrected chi connectivity index (χ1v) is 10.9. The lowest BCUT2D eigenvalue weighted by Gasteiger charge is -2.22. The lowest BCUT2D eigenvalue weighted by molar-refractivity contribution is -0.116. The van der Waals surface area contributed by atoms with E-state index in [1.165, 1.54) is 23.1 Å². The molecule has 2 aromatic heterocycles. The highest BCUT2D eigenvalue weighted by Gasteiger charge is 2.27. The molecular formula is C20H19N5O2S2. The van der Waals surface area contributed by atoms with Gasteiger partial charge in [0.1, 0.15) is 10.0 Å². The molecule has 0 aliphatic carbocycles. The first-order valence-electron chi connectivity index (χ1n) is 9.31. The zero-order valence-corrected chi connectivity index (χ0v) is 17.4. The van der Waals surface area contributed by atoms with Gasteiger partial charge in [-0.15, -0.1) is 10.2 Å². The van der Waals surface area contributed by atoms with Crippen LogP contribution in [0.5, 0.6) is 0 Å². The Kier molecular flexibility index (Phi) is 5.86. The van der Waals surface area contributed by atoms with Crippen molar-refractivity contribution in [1.82, 2.24) is 15.2 Å². The van der Waals surface area contributed by atoms with Crippen molar-refractivity contribution >= 4 is 45.7 Å². The third kappa shape index (κ3) is 4.30. The maximum absolute atomic E-state index is 13.2.